The summed E-state index contributed by atoms with van der Waals surface area (Å²) in [7, 11) is 0. The molecule has 0 saturated carbocycles. The number of pyridine rings is 1. The molecule has 1 saturated heterocycles. The van der Waals surface area contributed by atoms with E-state index in [9.17, 15) is 0 Å². The van der Waals surface area contributed by atoms with Gasteiger partial charge >= 0.3 is 0 Å². The molecule has 1 atom stereocenters. The summed E-state index contributed by atoms with van der Waals surface area (Å²) in [4.78, 5) is 4.00. The molecule has 0 aromatic carbocycles. The van der Waals surface area contributed by atoms with Crippen LogP contribution < -0.4 is 10.1 Å². The van der Waals surface area contributed by atoms with Crippen LogP contribution in [0.2, 0.25) is 5.15 Å². The van der Waals surface area contributed by atoms with Crippen molar-refractivity contribution < 1.29 is 4.74 Å². The minimum absolute atomic E-state index is 0.460. The minimum atomic E-state index is 0.460. The van der Waals surface area contributed by atoms with Crippen LogP contribution in [-0.2, 0) is 0 Å². The lowest BCUT2D eigenvalue weighted by Gasteiger charge is -2.11. The van der Waals surface area contributed by atoms with Gasteiger partial charge in [0, 0.05) is 6.04 Å². The van der Waals surface area contributed by atoms with E-state index in [2.05, 4.69) is 26.2 Å². The van der Waals surface area contributed by atoms with E-state index in [1.807, 2.05) is 6.07 Å². The van der Waals surface area contributed by atoms with Crippen molar-refractivity contribution in [3.05, 3.63) is 21.9 Å². The van der Waals surface area contributed by atoms with Gasteiger partial charge in [0.05, 0.1) is 10.7 Å². The van der Waals surface area contributed by atoms with Crippen LogP contribution in [0.3, 0.4) is 0 Å². The summed E-state index contributed by atoms with van der Waals surface area (Å²) in [5.41, 5.74) is 0. The molecule has 2 rings (SSSR count). The van der Waals surface area contributed by atoms with E-state index in [0.29, 0.717) is 17.8 Å². The lowest BCUT2D eigenvalue weighted by molar-refractivity contribution is 0.276. The molecule has 82 valence electrons. The van der Waals surface area contributed by atoms with Gasteiger partial charge in [-0.2, -0.15) is 0 Å². The maximum absolute atomic E-state index is 5.78. The Balaban J connectivity index is 1.90. The van der Waals surface area contributed by atoms with Gasteiger partial charge in [0.2, 0.25) is 0 Å². The Labute approximate surface area is 102 Å². The van der Waals surface area contributed by atoms with E-state index in [0.717, 1.165) is 16.8 Å². The minimum Gasteiger partial charge on any atom is -0.490 e. The van der Waals surface area contributed by atoms with Gasteiger partial charge in [0.25, 0.3) is 0 Å². The fourth-order valence-electron chi connectivity index (χ4n) is 1.58. The third-order valence-electron chi connectivity index (χ3n) is 2.38. The molecular formula is C10H12BrClN2O. The SMILES string of the molecule is Clc1ncc(OCC2CCCN2)cc1Br. The number of ether oxygens (including phenoxy) is 1. The average molecular weight is 292 g/mol. The Morgan fingerprint density at radius 1 is 1.67 bits per heavy atom. The highest BCUT2D eigenvalue weighted by Crippen LogP contribution is 2.24. The van der Waals surface area contributed by atoms with E-state index >= 15 is 0 Å². The summed E-state index contributed by atoms with van der Waals surface area (Å²) in [6, 6.07) is 2.31. The van der Waals surface area contributed by atoms with Crippen molar-refractivity contribution in [2.75, 3.05) is 13.2 Å². The molecule has 0 spiro atoms. The molecule has 0 aliphatic carbocycles. The maximum Gasteiger partial charge on any atom is 0.143 e. The highest BCUT2D eigenvalue weighted by Gasteiger charge is 2.14. The van der Waals surface area contributed by atoms with E-state index in [1.165, 1.54) is 12.8 Å². The van der Waals surface area contributed by atoms with Crippen LogP contribution in [0.5, 0.6) is 5.75 Å². The second-order valence-corrected chi connectivity index (χ2v) is 4.76. The first-order chi connectivity index (χ1) is 7.25. The Morgan fingerprint density at radius 2 is 2.53 bits per heavy atom. The Morgan fingerprint density at radius 3 is 3.20 bits per heavy atom. The highest BCUT2D eigenvalue weighted by molar-refractivity contribution is 9.10. The molecule has 1 aromatic rings. The highest BCUT2D eigenvalue weighted by atomic mass is 79.9. The molecule has 1 fully saturated rings. The van der Waals surface area contributed by atoms with E-state index < -0.39 is 0 Å². The molecule has 3 nitrogen and oxygen atoms in total. The van der Waals surface area contributed by atoms with Crippen LogP contribution in [0.25, 0.3) is 0 Å². The molecule has 1 aliphatic rings. The molecule has 1 aliphatic heterocycles. The molecule has 1 N–H and O–H groups in total. The van der Waals surface area contributed by atoms with Crippen molar-refractivity contribution in [1.29, 1.82) is 0 Å². The predicted octanol–water partition coefficient (Wildman–Crippen LogP) is 2.63. The monoisotopic (exact) mass is 290 g/mol. The molecule has 0 bridgehead atoms. The molecule has 2 heterocycles. The zero-order chi connectivity index (χ0) is 10.7. The first kappa shape index (κ1) is 11.2. The van der Waals surface area contributed by atoms with Crippen LogP contribution in [0.4, 0.5) is 0 Å². The molecular weight excluding hydrogens is 279 g/mol. The lowest BCUT2D eigenvalue weighted by Crippen LogP contribution is -2.28. The zero-order valence-electron chi connectivity index (χ0n) is 8.17. The van der Waals surface area contributed by atoms with Gasteiger partial charge in [-0.05, 0) is 41.4 Å². The standard InChI is InChI=1S/C10H12BrClN2O/c11-9-4-8(5-14-10(9)12)15-6-7-2-1-3-13-7/h4-5,7,13H,1-3,6H2. The van der Waals surface area contributed by atoms with Gasteiger partial charge < -0.3 is 10.1 Å². The second kappa shape index (κ2) is 5.14. The number of hydrogen-bond acceptors (Lipinski definition) is 3. The maximum atomic E-state index is 5.78. The van der Waals surface area contributed by atoms with Gasteiger partial charge in [0.15, 0.2) is 0 Å². The molecule has 0 amide bonds. The number of hydrogen-bond donors (Lipinski definition) is 1. The van der Waals surface area contributed by atoms with Crippen molar-refractivity contribution in [2.45, 2.75) is 18.9 Å². The van der Waals surface area contributed by atoms with Crippen LogP contribution in [0.1, 0.15) is 12.8 Å². The largest absolute Gasteiger partial charge is 0.490 e. The summed E-state index contributed by atoms with van der Waals surface area (Å²) in [5, 5.41) is 3.83. The summed E-state index contributed by atoms with van der Waals surface area (Å²) in [6.07, 6.45) is 4.06. The van der Waals surface area contributed by atoms with Crippen molar-refractivity contribution in [1.82, 2.24) is 10.3 Å². The fourth-order valence-corrected chi connectivity index (χ4v) is 2.01. The Kier molecular flexibility index (Phi) is 3.83. The van der Waals surface area contributed by atoms with Gasteiger partial charge in [0.1, 0.15) is 17.5 Å². The summed E-state index contributed by atoms with van der Waals surface area (Å²) >= 11 is 9.09. The van der Waals surface area contributed by atoms with Crippen LogP contribution in [0, 0.1) is 0 Å². The fraction of sp³-hybridized carbons (Fsp3) is 0.500. The van der Waals surface area contributed by atoms with Crippen molar-refractivity contribution in [2.24, 2.45) is 0 Å². The predicted molar refractivity (Wildman–Crippen MR) is 63.5 cm³/mol. The van der Waals surface area contributed by atoms with E-state index in [4.69, 9.17) is 16.3 Å². The van der Waals surface area contributed by atoms with Gasteiger partial charge in [-0.1, -0.05) is 11.6 Å². The van der Waals surface area contributed by atoms with Crippen LogP contribution >= 0.6 is 27.5 Å². The number of rotatable bonds is 3. The third kappa shape index (κ3) is 3.06. The first-order valence-corrected chi connectivity index (χ1v) is 6.10. The molecule has 1 aromatic heterocycles. The Bertz CT molecular complexity index is 342. The Hall–Kier alpha value is -0.320. The number of halogens is 2. The summed E-state index contributed by atoms with van der Waals surface area (Å²) in [6.45, 7) is 1.78. The third-order valence-corrected chi connectivity index (χ3v) is 3.52. The van der Waals surface area contributed by atoms with Crippen molar-refractivity contribution in [3.8, 4) is 5.75 Å². The van der Waals surface area contributed by atoms with Gasteiger partial charge in [-0.25, -0.2) is 4.98 Å². The number of nitrogens with zero attached hydrogens (tertiary/aromatic N) is 1. The topological polar surface area (TPSA) is 34.1 Å². The molecule has 5 heteroatoms. The number of nitrogens with one attached hydrogen (secondary N) is 1. The van der Waals surface area contributed by atoms with E-state index in [-0.39, 0.29) is 0 Å². The van der Waals surface area contributed by atoms with Crippen LogP contribution in [-0.4, -0.2) is 24.2 Å². The zero-order valence-corrected chi connectivity index (χ0v) is 10.5. The molecule has 15 heavy (non-hydrogen) atoms. The number of aromatic nitrogens is 1. The normalized spacial score (nSPS) is 20.5. The average Bonchev–Trinajstić information content (AvgIpc) is 2.73. The summed E-state index contributed by atoms with van der Waals surface area (Å²) in [5.74, 6) is 0.750. The van der Waals surface area contributed by atoms with Crippen LogP contribution in [0.15, 0.2) is 16.7 Å². The molecule has 1 unspecified atom stereocenters. The van der Waals surface area contributed by atoms with Crippen molar-refractivity contribution in [3.63, 3.8) is 0 Å². The molecule has 0 radical (unpaired) electrons. The summed E-state index contributed by atoms with van der Waals surface area (Å²) < 4.78 is 6.38. The smallest absolute Gasteiger partial charge is 0.143 e. The first-order valence-electron chi connectivity index (χ1n) is 4.93. The van der Waals surface area contributed by atoms with Crippen molar-refractivity contribution >= 4 is 27.5 Å². The van der Waals surface area contributed by atoms with E-state index in [1.54, 1.807) is 6.20 Å². The van der Waals surface area contributed by atoms with Gasteiger partial charge in [-0.3, -0.25) is 0 Å². The van der Waals surface area contributed by atoms with Gasteiger partial charge in [-0.15, -0.1) is 0 Å². The quantitative estimate of drug-likeness (QED) is 0.869. The second-order valence-electron chi connectivity index (χ2n) is 3.55. The lowest BCUT2D eigenvalue weighted by atomic mass is 10.2.